The molecular weight excluding hydrogens is 629 g/mol. The minimum atomic E-state index is -4.80. The Labute approximate surface area is 274 Å². The lowest BCUT2D eigenvalue weighted by Gasteiger charge is -2.42. The summed E-state index contributed by atoms with van der Waals surface area (Å²) in [6.45, 7) is 0.714. The van der Waals surface area contributed by atoms with Gasteiger partial charge < -0.3 is 15.7 Å². The minimum absolute atomic E-state index is 0.0439. The maximum Gasteiger partial charge on any atom is 0.416 e. The molecule has 1 unspecified atom stereocenters. The molecule has 2 atom stereocenters. The number of aliphatic hydroxyl groups excluding tert-OH is 1. The summed E-state index contributed by atoms with van der Waals surface area (Å²) < 4.78 is 72.1. The van der Waals surface area contributed by atoms with Crippen LogP contribution in [0.4, 0.5) is 39.0 Å². The van der Waals surface area contributed by atoms with Crippen LogP contribution in [-0.2, 0) is 24.0 Å². The molecule has 1 aliphatic heterocycles. The van der Waals surface area contributed by atoms with Crippen molar-refractivity contribution >= 4 is 28.9 Å². The molecule has 2 aliphatic rings. The summed E-state index contributed by atoms with van der Waals surface area (Å²) in [5.74, 6) is -4.24. The number of aryl methyl sites for hydroxylation is 1. The van der Waals surface area contributed by atoms with Gasteiger partial charge in [0.1, 0.15) is 11.6 Å². The van der Waals surface area contributed by atoms with E-state index in [1.807, 2.05) is 12.1 Å². The Hall–Kier alpha value is -4.77. The third kappa shape index (κ3) is 6.51. The lowest BCUT2D eigenvalue weighted by atomic mass is 9.80. The predicted molar refractivity (Wildman–Crippen MR) is 173 cm³/mol. The second-order valence-corrected chi connectivity index (χ2v) is 12.4. The Morgan fingerprint density at radius 2 is 1.56 bits per heavy atom. The molecular formula is C37H34F5N3O3. The van der Waals surface area contributed by atoms with Crippen molar-refractivity contribution in [2.75, 3.05) is 15.5 Å². The Balaban J connectivity index is 1.46. The fourth-order valence-corrected chi connectivity index (χ4v) is 6.89. The van der Waals surface area contributed by atoms with E-state index in [0.717, 1.165) is 49.6 Å². The highest BCUT2D eigenvalue weighted by atomic mass is 19.4. The Morgan fingerprint density at radius 1 is 0.896 bits per heavy atom. The molecule has 2 amide bonds. The molecule has 0 aromatic heterocycles. The third-order valence-electron chi connectivity index (χ3n) is 9.26. The summed E-state index contributed by atoms with van der Waals surface area (Å²) in [6.07, 6.45) is -0.664. The molecule has 4 aromatic rings. The van der Waals surface area contributed by atoms with Crippen LogP contribution in [-0.4, -0.2) is 23.0 Å². The van der Waals surface area contributed by atoms with Gasteiger partial charge in [-0.3, -0.25) is 14.5 Å². The smallest absolute Gasteiger partial charge is 0.392 e. The normalized spacial score (nSPS) is 18.0. The molecule has 0 radical (unpaired) electrons. The highest BCUT2D eigenvalue weighted by Gasteiger charge is 2.44. The van der Waals surface area contributed by atoms with Gasteiger partial charge in [-0.2, -0.15) is 13.2 Å². The Kier molecular flexibility index (Phi) is 9.24. The van der Waals surface area contributed by atoms with Gasteiger partial charge in [-0.25, -0.2) is 8.78 Å². The fraction of sp³-hybridized carbons (Fsp3) is 0.297. The van der Waals surface area contributed by atoms with Gasteiger partial charge in [0.05, 0.1) is 35.4 Å². The van der Waals surface area contributed by atoms with E-state index in [1.165, 1.54) is 35.2 Å². The predicted octanol–water partition coefficient (Wildman–Crippen LogP) is 8.34. The Bertz CT molecular complexity index is 1820. The average molecular weight is 664 g/mol. The summed E-state index contributed by atoms with van der Waals surface area (Å²) in [5.41, 5.74) is -0.0421. The number of anilines is 3. The van der Waals surface area contributed by atoms with E-state index in [9.17, 15) is 27.9 Å². The van der Waals surface area contributed by atoms with Gasteiger partial charge in [0, 0.05) is 23.0 Å². The standard InChI is InChI=1S/C37H34F5N3O3/c1-21-6-4-10-31(39)33(21)36(48)45-32-11-5-9-30(38)27(32)19-28(34(45)22-12-15-25(16-13-22)43-24-7-2-3-8-24)35(47)44-26-17-14-23(20-46)29(18-26)37(40,41)42/h4-6,9-18,24,28,34,43,46H,2-3,7-8,19-20H2,1H3,(H,44,47)/t28-,34?/m0/s1. The summed E-state index contributed by atoms with van der Waals surface area (Å²) in [7, 11) is 0. The number of halogens is 5. The topological polar surface area (TPSA) is 81.7 Å². The summed E-state index contributed by atoms with van der Waals surface area (Å²) >= 11 is 0. The first-order valence-electron chi connectivity index (χ1n) is 15.8. The van der Waals surface area contributed by atoms with Crippen molar-refractivity contribution in [2.24, 2.45) is 5.92 Å². The van der Waals surface area contributed by atoms with Crippen molar-refractivity contribution in [1.29, 1.82) is 0 Å². The Morgan fingerprint density at radius 3 is 2.23 bits per heavy atom. The zero-order valence-corrected chi connectivity index (χ0v) is 26.1. The van der Waals surface area contributed by atoms with Crippen LogP contribution >= 0.6 is 0 Å². The van der Waals surface area contributed by atoms with Crippen molar-refractivity contribution in [1.82, 2.24) is 0 Å². The molecule has 0 saturated heterocycles. The fourth-order valence-electron chi connectivity index (χ4n) is 6.89. The molecule has 0 bridgehead atoms. The molecule has 1 heterocycles. The van der Waals surface area contributed by atoms with Crippen LogP contribution in [0.1, 0.15) is 69.9 Å². The highest BCUT2D eigenvalue weighted by Crippen LogP contribution is 2.45. The van der Waals surface area contributed by atoms with Gasteiger partial charge in [-0.1, -0.05) is 49.2 Å². The monoisotopic (exact) mass is 663 g/mol. The van der Waals surface area contributed by atoms with E-state index in [-0.39, 0.29) is 34.5 Å². The second-order valence-electron chi connectivity index (χ2n) is 12.4. The molecule has 11 heteroatoms. The summed E-state index contributed by atoms with van der Waals surface area (Å²) in [5, 5.41) is 15.5. The number of alkyl halides is 3. The van der Waals surface area contributed by atoms with Gasteiger partial charge in [-0.15, -0.1) is 0 Å². The lowest BCUT2D eigenvalue weighted by molar-refractivity contribution is -0.138. The van der Waals surface area contributed by atoms with E-state index in [1.54, 1.807) is 25.1 Å². The second kappa shape index (κ2) is 13.4. The van der Waals surface area contributed by atoms with Gasteiger partial charge in [0.2, 0.25) is 5.91 Å². The quantitative estimate of drug-likeness (QED) is 0.174. The molecule has 4 aromatic carbocycles. The number of fused-ring (bicyclic) bond motifs is 1. The number of carbonyl (C=O) groups excluding carboxylic acids is 2. The number of nitrogens with zero attached hydrogens (tertiary/aromatic N) is 1. The SMILES string of the molecule is Cc1cccc(F)c1C(=O)N1c2cccc(F)c2C[C@H](C(=O)Nc2ccc(CO)c(C(F)(F)F)c2)C1c1ccc(NC2CCCC2)cc1. The molecule has 1 aliphatic carbocycles. The van der Waals surface area contributed by atoms with Gasteiger partial charge in [-0.05, 0) is 85.3 Å². The number of nitrogens with one attached hydrogen (secondary N) is 2. The molecule has 1 saturated carbocycles. The van der Waals surface area contributed by atoms with E-state index in [0.29, 0.717) is 17.2 Å². The van der Waals surface area contributed by atoms with E-state index in [2.05, 4.69) is 10.6 Å². The maximum absolute atomic E-state index is 15.5. The lowest BCUT2D eigenvalue weighted by Crippen LogP contribution is -2.47. The number of carbonyl (C=O) groups is 2. The van der Waals surface area contributed by atoms with Crippen LogP contribution in [0.5, 0.6) is 0 Å². The van der Waals surface area contributed by atoms with Crippen molar-refractivity contribution in [3.63, 3.8) is 0 Å². The van der Waals surface area contributed by atoms with Gasteiger partial charge in [0.25, 0.3) is 5.91 Å². The number of benzene rings is 4. The number of rotatable bonds is 7. The highest BCUT2D eigenvalue weighted by molar-refractivity contribution is 6.09. The first-order chi connectivity index (χ1) is 23.0. The van der Waals surface area contributed by atoms with Crippen molar-refractivity contribution in [3.05, 3.63) is 124 Å². The molecule has 3 N–H and O–H groups in total. The van der Waals surface area contributed by atoms with Gasteiger partial charge >= 0.3 is 6.18 Å². The zero-order chi connectivity index (χ0) is 34.2. The first kappa shape index (κ1) is 33.1. The van der Waals surface area contributed by atoms with Crippen LogP contribution < -0.4 is 15.5 Å². The van der Waals surface area contributed by atoms with Crippen LogP contribution in [0.2, 0.25) is 0 Å². The molecule has 6 rings (SSSR count). The number of aliphatic hydroxyl groups is 1. The number of hydrogen-bond acceptors (Lipinski definition) is 4. The van der Waals surface area contributed by atoms with Crippen LogP contribution in [0, 0.1) is 24.5 Å². The van der Waals surface area contributed by atoms with E-state index >= 15 is 8.78 Å². The van der Waals surface area contributed by atoms with Crippen molar-refractivity contribution in [3.8, 4) is 0 Å². The van der Waals surface area contributed by atoms with Crippen molar-refractivity contribution < 1.29 is 36.6 Å². The number of hydrogen-bond donors (Lipinski definition) is 3. The largest absolute Gasteiger partial charge is 0.416 e. The third-order valence-corrected chi connectivity index (χ3v) is 9.26. The number of amides is 2. The average Bonchev–Trinajstić information content (AvgIpc) is 3.57. The van der Waals surface area contributed by atoms with Crippen LogP contribution in [0.15, 0.2) is 78.9 Å². The zero-order valence-electron chi connectivity index (χ0n) is 26.1. The summed E-state index contributed by atoms with van der Waals surface area (Å²) in [4.78, 5) is 29.8. The molecule has 1 fully saturated rings. The maximum atomic E-state index is 15.5. The molecule has 48 heavy (non-hydrogen) atoms. The van der Waals surface area contributed by atoms with Crippen LogP contribution in [0.3, 0.4) is 0 Å². The van der Waals surface area contributed by atoms with Gasteiger partial charge in [0.15, 0.2) is 0 Å². The minimum Gasteiger partial charge on any atom is -0.392 e. The molecule has 250 valence electrons. The van der Waals surface area contributed by atoms with E-state index < -0.39 is 53.8 Å². The molecule has 0 spiro atoms. The summed E-state index contributed by atoms with van der Waals surface area (Å²) in [6, 6.07) is 17.7. The van der Waals surface area contributed by atoms with Crippen molar-refractivity contribution in [2.45, 2.75) is 63.9 Å². The first-order valence-corrected chi connectivity index (χ1v) is 15.8. The van der Waals surface area contributed by atoms with E-state index in [4.69, 9.17) is 0 Å². The van der Waals surface area contributed by atoms with Crippen LogP contribution in [0.25, 0.3) is 0 Å². The molecule has 6 nitrogen and oxygen atoms in total.